The fourth-order valence-electron chi connectivity index (χ4n) is 5.20. The number of nitrogens with zero attached hydrogens (tertiary/aromatic N) is 1. The second-order valence-electron chi connectivity index (χ2n) is 10.1. The summed E-state index contributed by atoms with van der Waals surface area (Å²) in [7, 11) is 1.45. The van der Waals surface area contributed by atoms with Crippen LogP contribution < -0.4 is 0 Å². The van der Waals surface area contributed by atoms with Crippen LogP contribution in [0, 0.1) is 18.7 Å². The van der Waals surface area contributed by atoms with Gasteiger partial charge in [-0.05, 0) is 85.3 Å². The van der Waals surface area contributed by atoms with E-state index in [4.69, 9.17) is 9.72 Å². The molecule has 1 aromatic heterocycles. The number of aromatic nitrogens is 1. The van der Waals surface area contributed by atoms with Crippen molar-refractivity contribution < 1.29 is 23.8 Å². The van der Waals surface area contributed by atoms with E-state index in [0.717, 1.165) is 35.8 Å². The molecular weight excluding hydrogens is 469 g/mol. The summed E-state index contributed by atoms with van der Waals surface area (Å²) in [5.74, 6) is 0.0928. The molecule has 5 nitrogen and oxygen atoms in total. The quantitative estimate of drug-likeness (QED) is 0.238. The van der Waals surface area contributed by atoms with Gasteiger partial charge in [0.15, 0.2) is 12.1 Å². The number of hydrogen-bond acceptors (Lipinski definition) is 5. The molecule has 1 aromatic carbocycles. The summed E-state index contributed by atoms with van der Waals surface area (Å²) >= 11 is 0. The van der Waals surface area contributed by atoms with E-state index in [-0.39, 0.29) is 35.3 Å². The number of aliphatic hydroxyl groups excluding tert-OH is 1. The highest BCUT2D eigenvalue weighted by molar-refractivity contribution is 5.97. The Hall–Kier alpha value is -2.70. The van der Waals surface area contributed by atoms with Gasteiger partial charge in [-0.1, -0.05) is 40.7 Å². The van der Waals surface area contributed by atoms with Crippen LogP contribution in [0.4, 0.5) is 4.39 Å². The first kappa shape index (κ1) is 30.5. The Balaban J connectivity index is 0.00000235. The van der Waals surface area contributed by atoms with Crippen LogP contribution >= 0.6 is 0 Å². The van der Waals surface area contributed by atoms with Crippen molar-refractivity contribution in [2.75, 3.05) is 13.7 Å². The van der Waals surface area contributed by atoms with E-state index in [0.29, 0.717) is 34.6 Å². The molecule has 3 rings (SSSR count). The minimum atomic E-state index is -1.48. The van der Waals surface area contributed by atoms with Crippen molar-refractivity contribution in [1.29, 1.82) is 0 Å². The van der Waals surface area contributed by atoms with Crippen LogP contribution in [0.5, 0.6) is 0 Å². The zero-order valence-electron chi connectivity index (χ0n) is 23.8. The van der Waals surface area contributed by atoms with E-state index in [2.05, 4.69) is 20.8 Å². The predicted octanol–water partition coefficient (Wildman–Crippen LogP) is 6.45. The molecule has 1 N–H and O–H groups in total. The van der Waals surface area contributed by atoms with Gasteiger partial charge in [0.1, 0.15) is 11.9 Å². The average Bonchev–Trinajstić information content (AvgIpc) is 2.86. The molecule has 202 valence electrons. The maximum Gasteiger partial charge on any atom is 0.158 e. The van der Waals surface area contributed by atoms with E-state index >= 15 is 0 Å². The molecular formula is C31H42FNO4. The summed E-state index contributed by atoms with van der Waals surface area (Å²) in [6, 6.07) is 1.51. The number of allylic oxidation sites excluding steroid dienone is 1. The number of ketones is 1. The summed E-state index contributed by atoms with van der Waals surface area (Å²) in [5, 5.41) is 11.5. The molecule has 6 heteroatoms. The Kier molecular flexibility index (Phi) is 10.9. The fraction of sp³-hybridized carbons (Fsp3) is 0.516. The third-order valence-corrected chi connectivity index (χ3v) is 6.93. The third-order valence-electron chi connectivity index (χ3n) is 6.93. The minimum Gasteiger partial charge on any atom is -0.381 e. The van der Waals surface area contributed by atoms with Crippen molar-refractivity contribution in [2.24, 2.45) is 5.92 Å². The highest BCUT2D eigenvalue weighted by Crippen LogP contribution is 2.43. The number of ether oxygens (including phenoxy) is 1. The number of hydrogen-bond donors (Lipinski definition) is 1. The van der Waals surface area contributed by atoms with Crippen molar-refractivity contribution in [3.8, 4) is 0 Å². The number of Topliss-reactive ketones (excluding diaryl/α,β-unsaturated/α-hetero) is 1. The van der Waals surface area contributed by atoms with Crippen LogP contribution in [0.2, 0.25) is 0 Å². The van der Waals surface area contributed by atoms with Crippen LogP contribution in [0.1, 0.15) is 88.8 Å². The summed E-state index contributed by atoms with van der Waals surface area (Å²) < 4.78 is 20.0. The number of carbonyl (C=O) groups excluding carboxylic acids is 2. The SMILES string of the molecule is CC.COC/C(C(C)=O)=C(/C=C(\C)c1nc2cc(F)c(C)c3c2c(c1CC(C)C)[C@@H](C)CC3)C(O)C=O. The van der Waals surface area contributed by atoms with E-state index in [1.807, 2.05) is 27.7 Å². The standard InChI is InChI=1S/C29H36FNO4.C2H6/c1-15(2)10-22-27-16(3)8-9-20-18(5)24(30)12-25(28(20)27)31-29(22)17(4)11-21(26(34)13-32)23(14-35-7)19(6)33;1-2/h11-13,15-16,26,34H,8-10,14H2,1-7H3;1-2H3/b17-11+,23-21+;/t16-,26?;/m0./s1. The molecule has 1 aliphatic carbocycles. The Morgan fingerprint density at radius 1 is 1.30 bits per heavy atom. The zero-order chi connectivity index (χ0) is 28.0. The minimum absolute atomic E-state index is 0.0283. The molecule has 37 heavy (non-hydrogen) atoms. The topological polar surface area (TPSA) is 76.5 Å². The maximum atomic E-state index is 14.8. The Bertz CT molecular complexity index is 1230. The molecule has 0 amide bonds. The van der Waals surface area contributed by atoms with Crippen molar-refractivity contribution in [2.45, 2.75) is 86.7 Å². The van der Waals surface area contributed by atoms with Gasteiger partial charge in [-0.3, -0.25) is 4.79 Å². The van der Waals surface area contributed by atoms with Gasteiger partial charge in [0.05, 0.1) is 17.8 Å². The first-order chi connectivity index (χ1) is 17.5. The van der Waals surface area contributed by atoms with Crippen LogP contribution in [-0.4, -0.2) is 42.0 Å². The third kappa shape index (κ3) is 6.42. The van der Waals surface area contributed by atoms with E-state index < -0.39 is 6.10 Å². The van der Waals surface area contributed by atoms with E-state index in [1.165, 1.54) is 25.7 Å². The first-order valence-corrected chi connectivity index (χ1v) is 13.2. The van der Waals surface area contributed by atoms with Crippen LogP contribution in [0.15, 0.2) is 23.3 Å². The van der Waals surface area contributed by atoms with Gasteiger partial charge in [-0.15, -0.1) is 0 Å². The molecule has 2 atom stereocenters. The summed E-state index contributed by atoms with van der Waals surface area (Å²) in [6.45, 7) is 15.5. The first-order valence-electron chi connectivity index (χ1n) is 13.2. The summed E-state index contributed by atoms with van der Waals surface area (Å²) in [6.07, 6.45) is 3.11. The molecule has 0 bridgehead atoms. The number of benzene rings is 1. The zero-order valence-corrected chi connectivity index (χ0v) is 23.8. The second kappa shape index (κ2) is 13.2. The smallest absolute Gasteiger partial charge is 0.158 e. The molecule has 0 fully saturated rings. The molecule has 1 heterocycles. The lowest BCUT2D eigenvalue weighted by molar-refractivity contribution is -0.114. The van der Waals surface area contributed by atoms with Gasteiger partial charge in [-0.25, -0.2) is 9.37 Å². The van der Waals surface area contributed by atoms with Gasteiger partial charge >= 0.3 is 0 Å². The molecule has 1 aliphatic rings. The highest BCUT2D eigenvalue weighted by Gasteiger charge is 2.28. The average molecular weight is 512 g/mol. The summed E-state index contributed by atoms with van der Waals surface area (Å²) in [4.78, 5) is 28.8. The van der Waals surface area contributed by atoms with E-state index in [1.54, 1.807) is 6.08 Å². The number of aryl methyl sites for hydroxylation is 1. The van der Waals surface area contributed by atoms with Gasteiger partial charge in [-0.2, -0.15) is 0 Å². The van der Waals surface area contributed by atoms with Crippen molar-refractivity contribution >= 4 is 28.5 Å². The molecule has 0 spiro atoms. The number of aliphatic hydroxyl groups is 1. The monoisotopic (exact) mass is 511 g/mol. The van der Waals surface area contributed by atoms with Gasteiger partial charge in [0.2, 0.25) is 0 Å². The largest absolute Gasteiger partial charge is 0.381 e. The number of aldehydes is 1. The van der Waals surface area contributed by atoms with Crippen molar-refractivity contribution in [1.82, 2.24) is 4.98 Å². The molecule has 2 aromatic rings. The fourth-order valence-corrected chi connectivity index (χ4v) is 5.20. The number of pyridine rings is 1. The van der Waals surface area contributed by atoms with Crippen LogP contribution in [0.25, 0.3) is 16.5 Å². The number of methoxy groups -OCH3 is 1. The highest BCUT2D eigenvalue weighted by atomic mass is 19.1. The van der Waals surface area contributed by atoms with Gasteiger partial charge < -0.3 is 14.6 Å². The Labute approximate surface area is 220 Å². The number of carbonyl (C=O) groups is 2. The summed E-state index contributed by atoms with van der Waals surface area (Å²) in [5.41, 5.74) is 6.49. The second-order valence-corrected chi connectivity index (χ2v) is 10.1. The van der Waals surface area contributed by atoms with Gasteiger partial charge in [0.25, 0.3) is 0 Å². The van der Waals surface area contributed by atoms with E-state index in [9.17, 15) is 19.1 Å². The maximum absolute atomic E-state index is 14.8. The molecule has 0 aliphatic heterocycles. The van der Waals surface area contributed by atoms with Crippen molar-refractivity contribution in [3.63, 3.8) is 0 Å². The van der Waals surface area contributed by atoms with Crippen LogP contribution in [0.3, 0.4) is 0 Å². The normalized spacial score (nSPS) is 16.8. The Morgan fingerprint density at radius 3 is 2.49 bits per heavy atom. The van der Waals surface area contributed by atoms with Crippen molar-refractivity contribution in [3.05, 3.63) is 57.1 Å². The number of rotatable bonds is 9. The van der Waals surface area contributed by atoms with Crippen LogP contribution in [-0.2, 0) is 27.2 Å². The lowest BCUT2D eigenvalue weighted by Crippen LogP contribution is -2.19. The molecule has 1 unspecified atom stereocenters. The van der Waals surface area contributed by atoms with Gasteiger partial charge in [0, 0.05) is 24.1 Å². The molecule has 0 saturated heterocycles. The Morgan fingerprint density at radius 2 is 1.95 bits per heavy atom. The lowest BCUT2D eigenvalue weighted by atomic mass is 9.77. The predicted molar refractivity (Wildman–Crippen MR) is 148 cm³/mol. The molecule has 0 saturated carbocycles. The number of halogens is 1. The lowest BCUT2D eigenvalue weighted by Gasteiger charge is -2.29. The molecule has 0 radical (unpaired) electrons.